The number of aromatic hydroxyl groups is 3. The predicted molar refractivity (Wildman–Crippen MR) is 135 cm³/mol. The van der Waals surface area contributed by atoms with E-state index in [1.54, 1.807) is 12.1 Å². The smallest absolute Gasteiger partial charge is 0.228 e. The minimum absolute atomic E-state index is 0.00783. The lowest BCUT2D eigenvalue weighted by molar-refractivity contribution is -0.324. The summed E-state index contributed by atoms with van der Waals surface area (Å²) in [7, 11) is 0. The molecule has 3 aliphatic rings. The summed E-state index contributed by atoms with van der Waals surface area (Å²) in [6.45, 7) is 0.982. The Morgan fingerprint density at radius 3 is 2.10 bits per heavy atom. The third-order valence-corrected chi connectivity index (χ3v) is 7.24. The van der Waals surface area contributed by atoms with Crippen molar-refractivity contribution in [2.45, 2.75) is 74.4 Å². The van der Waals surface area contributed by atoms with Gasteiger partial charge in [-0.3, -0.25) is 0 Å². The van der Waals surface area contributed by atoms with E-state index in [0.29, 0.717) is 5.56 Å². The van der Waals surface area contributed by atoms with E-state index in [1.165, 1.54) is 31.2 Å². The zero-order valence-corrected chi connectivity index (χ0v) is 21.7. The maximum Gasteiger partial charge on any atom is 0.228 e. The van der Waals surface area contributed by atoms with Crippen LogP contribution in [0.25, 0.3) is 6.08 Å². The largest absolute Gasteiger partial charge is 0.508 e. The highest BCUT2D eigenvalue weighted by Crippen LogP contribution is 2.44. The van der Waals surface area contributed by atoms with Crippen molar-refractivity contribution in [3.05, 3.63) is 53.3 Å². The number of phenols is 3. The zero-order valence-electron chi connectivity index (χ0n) is 21.7. The Hall–Kier alpha value is -3.18. The van der Waals surface area contributed by atoms with Crippen LogP contribution in [0.15, 0.2) is 42.2 Å². The van der Waals surface area contributed by atoms with Crippen LogP contribution in [0.1, 0.15) is 24.2 Å². The first-order valence-corrected chi connectivity index (χ1v) is 12.8. The molecule has 11 unspecified atom stereocenters. The van der Waals surface area contributed by atoms with Crippen LogP contribution in [0.5, 0.6) is 23.0 Å². The first-order valence-electron chi connectivity index (χ1n) is 12.8. The molecule has 14 heteroatoms. The summed E-state index contributed by atoms with van der Waals surface area (Å²) < 4.78 is 28.5. The van der Waals surface area contributed by atoms with Gasteiger partial charge in [0.1, 0.15) is 71.5 Å². The number of hydrogen-bond donors (Lipinski definition) is 9. The number of ether oxygens (including phenoxy) is 5. The van der Waals surface area contributed by atoms with Crippen molar-refractivity contribution in [1.29, 1.82) is 0 Å². The molecule has 41 heavy (non-hydrogen) atoms. The number of aliphatic hydroxyl groups is 6. The highest BCUT2D eigenvalue weighted by Gasteiger charge is 2.48. The summed E-state index contributed by atoms with van der Waals surface area (Å²) in [6.07, 6.45) is -14.5. The van der Waals surface area contributed by atoms with E-state index in [2.05, 4.69) is 0 Å². The number of phenolic OH excluding ortho intramolecular Hbond substituents is 3. The minimum Gasteiger partial charge on any atom is -0.508 e. The Balaban J connectivity index is 1.37. The van der Waals surface area contributed by atoms with Crippen LogP contribution in [0.3, 0.4) is 0 Å². The van der Waals surface area contributed by atoms with Gasteiger partial charge in [0, 0.05) is 17.7 Å². The predicted octanol–water partition coefficient (Wildman–Crippen LogP) is -1.05. The van der Waals surface area contributed by atoms with Gasteiger partial charge in [-0.15, -0.1) is 0 Å². The molecule has 0 aromatic heterocycles. The molecule has 0 aliphatic carbocycles. The summed E-state index contributed by atoms with van der Waals surface area (Å²) >= 11 is 0. The van der Waals surface area contributed by atoms with E-state index in [4.69, 9.17) is 23.7 Å². The van der Waals surface area contributed by atoms with Gasteiger partial charge in [0.2, 0.25) is 6.29 Å². The van der Waals surface area contributed by atoms with E-state index in [0.717, 1.165) is 6.07 Å². The lowest BCUT2D eigenvalue weighted by atomic mass is 9.98. The van der Waals surface area contributed by atoms with Gasteiger partial charge >= 0.3 is 0 Å². The highest BCUT2D eigenvalue weighted by atomic mass is 16.7. The van der Waals surface area contributed by atoms with Gasteiger partial charge in [-0.05, 0) is 25.1 Å². The van der Waals surface area contributed by atoms with Crippen LogP contribution in [0.4, 0.5) is 0 Å². The van der Waals surface area contributed by atoms with Gasteiger partial charge < -0.3 is 69.6 Å². The Kier molecular flexibility index (Phi) is 8.29. The molecule has 2 saturated heterocycles. The van der Waals surface area contributed by atoms with Crippen molar-refractivity contribution in [2.75, 3.05) is 6.61 Å². The van der Waals surface area contributed by atoms with Crippen molar-refractivity contribution in [3.63, 3.8) is 0 Å². The van der Waals surface area contributed by atoms with E-state index < -0.39 is 74.1 Å². The minimum atomic E-state index is -1.76. The van der Waals surface area contributed by atoms with Crippen molar-refractivity contribution < 1.29 is 69.6 Å². The summed E-state index contributed by atoms with van der Waals surface area (Å²) in [6, 6.07) is 8.27. The van der Waals surface area contributed by atoms with Gasteiger partial charge in [-0.1, -0.05) is 12.1 Å². The summed E-state index contributed by atoms with van der Waals surface area (Å²) in [4.78, 5) is 0. The molecule has 3 heterocycles. The Morgan fingerprint density at radius 2 is 1.39 bits per heavy atom. The average molecular weight is 581 g/mol. The normalized spacial score (nSPS) is 37.0. The maximum atomic E-state index is 10.7. The topological polar surface area (TPSA) is 228 Å². The van der Waals surface area contributed by atoms with E-state index >= 15 is 0 Å². The van der Waals surface area contributed by atoms with Gasteiger partial charge in [0.25, 0.3) is 0 Å². The Morgan fingerprint density at radius 1 is 0.732 bits per heavy atom. The molecule has 14 nitrogen and oxygen atoms in total. The van der Waals surface area contributed by atoms with Crippen LogP contribution in [0, 0.1) is 0 Å². The molecule has 9 N–H and O–H groups in total. The molecular weight excluding hydrogens is 548 g/mol. The molecule has 5 rings (SSSR count). The number of rotatable bonds is 6. The second-order valence-corrected chi connectivity index (χ2v) is 10.2. The van der Waals surface area contributed by atoms with Crippen LogP contribution in [-0.2, 0) is 18.9 Å². The number of aliphatic hydroxyl groups excluding tert-OH is 6. The number of hydrogen-bond acceptors (Lipinski definition) is 14. The Bertz CT molecular complexity index is 1250. The molecule has 0 radical (unpaired) electrons. The molecule has 0 saturated carbocycles. The van der Waals surface area contributed by atoms with Crippen LogP contribution in [0.2, 0.25) is 0 Å². The van der Waals surface area contributed by atoms with Crippen molar-refractivity contribution in [1.82, 2.24) is 0 Å². The van der Waals surface area contributed by atoms with Crippen molar-refractivity contribution in [2.24, 2.45) is 0 Å². The Labute approximate surface area is 233 Å². The molecule has 2 fully saturated rings. The van der Waals surface area contributed by atoms with E-state index in [1.807, 2.05) is 0 Å². The maximum absolute atomic E-state index is 10.7. The van der Waals surface area contributed by atoms with Crippen LogP contribution < -0.4 is 4.74 Å². The molecule has 224 valence electrons. The molecule has 2 aromatic carbocycles. The molecule has 0 amide bonds. The second kappa shape index (κ2) is 11.6. The molecular formula is C27H32O14. The molecule has 11 atom stereocenters. The summed E-state index contributed by atoms with van der Waals surface area (Å²) in [5.74, 6) is -0.468. The van der Waals surface area contributed by atoms with E-state index in [-0.39, 0.29) is 34.3 Å². The van der Waals surface area contributed by atoms with Crippen molar-refractivity contribution in [3.8, 4) is 23.0 Å². The molecule has 0 spiro atoms. The molecule has 0 bridgehead atoms. The monoisotopic (exact) mass is 580 g/mol. The summed E-state index contributed by atoms with van der Waals surface area (Å²) in [5, 5.41) is 91.9. The standard InChI is InChI=1S/C27H32O14/c1-10-19(31)21(33)23(35)26(38-10)37-9-18-20(32)22(34)24(36)27(41-18)40-17-8-14-15(30)6-13(29)7-16(14)39-25(17)11-2-4-12(28)5-3-11/h2-8,10,18-36H,9H2,1H3. The fourth-order valence-electron chi connectivity index (χ4n) is 4.85. The SMILES string of the molecule is CC1OC(OCC2OC(OC3=Cc4c(O)cc(O)cc4OC3c3ccc(O)cc3)C(O)C(O)C2O)C(O)C(O)C1O. The molecule has 2 aromatic rings. The van der Waals surface area contributed by atoms with Gasteiger partial charge in [0.15, 0.2) is 12.4 Å². The van der Waals surface area contributed by atoms with Gasteiger partial charge in [0.05, 0.1) is 18.3 Å². The molecule has 3 aliphatic heterocycles. The van der Waals surface area contributed by atoms with Gasteiger partial charge in [-0.25, -0.2) is 0 Å². The summed E-state index contributed by atoms with van der Waals surface area (Å²) in [5.41, 5.74) is 0.628. The van der Waals surface area contributed by atoms with Crippen molar-refractivity contribution >= 4 is 6.08 Å². The van der Waals surface area contributed by atoms with Crippen LogP contribution in [-0.4, -0.2) is 114 Å². The van der Waals surface area contributed by atoms with E-state index in [9.17, 15) is 46.0 Å². The fraction of sp³-hybridized carbons (Fsp3) is 0.481. The third kappa shape index (κ3) is 5.79. The highest BCUT2D eigenvalue weighted by molar-refractivity contribution is 5.69. The average Bonchev–Trinajstić information content (AvgIpc) is 2.94. The zero-order chi connectivity index (χ0) is 29.6. The first-order chi connectivity index (χ1) is 19.4. The number of fused-ring (bicyclic) bond motifs is 1. The number of benzene rings is 2. The quantitative estimate of drug-likeness (QED) is 0.199. The lowest BCUT2D eigenvalue weighted by Gasteiger charge is -2.43. The first kappa shape index (κ1) is 29.3. The van der Waals surface area contributed by atoms with Gasteiger partial charge in [-0.2, -0.15) is 0 Å². The lowest BCUT2D eigenvalue weighted by Crippen LogP contribution is -2.61. The second-order valence-electron chi connectivity index (χ2n) is 10.2. The van der Waals surface area contributed by atoms with Crippen LogP contribution >= 0.6 is 0 Å². The third-order valence-electron chi connectivity index (χ3n) is 7.24. The fourth-order valence-corrected chi connectivity index (χ4v) is 4.85.